The molecule has 0 saturated carbocycles. The molecule has 1 saturated heterocycles. The van der Waals surface area contributed by atoms with Gasteiger partial charge in [0.15, 0.2) is 17.5 Å². The Labute approximate surface area is 207 Å². The van der Waals surface area contributed by atoms with Crippen LogP contribution in [0.15, 0.2) is 47.5 Å². The molecule has 174 valence electrons. The number of anilines is 1. The van der Waals surface area contributed by atoms with Gasteiger partial charge < -0.3 is 29.7 Å². The molecule has 2 aromatic carbocycles. The third-order valence-electron chi connectivity index (χ3n) is 5.53. The summed E-state index contributed by atoms with van der Waals surface area (Å²) in [5.41, 5.74) is 2.24. The van der Waals surface area contributed by atoms with Crippen molar-refractivity contribution in [3.8, 4) is 17.2 Å². The summed E-state index contributed by atoms with van der Waals surface area (Å²) in [4.78, 5) is 7.17. The number of nitrogens with zero attached hydrogens (tertiary/aromatic N) is 2. The number of rotatable bonds is 6. The number of nitrogens with one attached hydrogen (secondary N) is 2. The number of methoxy groups -OCH3 is 1. The zero-order chi connectivity index (χ0) is 21.5. The van der Waals surface area contributed by atoms with Gasteiger partial charge >= 0.3 is 0 Å². The van der Waals surface area contributed by atoms with Crippen LogP contribution in [0.1, 0.15) is 25.3 Å². The Morgan fingerprint density at radius 3 is 2.78 bits per heavy atom. The Balaban J connectivity index is 0.00000289. The number of hydrogen-bond donors (Lipinski definition) is 2. The molecule has 2 aromatic rings. The SMILES string of the molecule is CCNC(=NCc1ccc2c(c1)OCCCO2)NC1CCN(c2ccccc2OC)C1.I. The first-order chi connectivity index (χ1) is 15.3. The molecule has 4 rings (SSSR count). The fourth-order valence-corrected chi connectivity index (χ4v) is 3.98. The summed E-state index contributed by atoms with van der Waals surface area (Å²) < 4.78 is 17.1. The Kier molecular flexibility index (Phi) is 9.13. The van der Waals surface area contributed by atoms with Crippen LogP contribution in [0.4, 0.5) is 5.69 Å². The predicted octanol–water partition coefficient (Wildman–Crippen LogP) is 3.81. The largest absolute Gasteiger partial charge is 0.495 e. The van der Waals surface area contributed by atoms with Gasteiger partial charge in [0.2, 0.25) is 0 Å². The van der Waals surface area contributed by atoms with Gasteiger partial charge in [0.25, 0.3) is 0 Å². The third-order valence-corrected chi connectivity index (χ3v) is 5.53. The van der Waals surface area contributed by atoms with Gasteiger partial charge in [0.05, 0.1) is 32.6 Å². The second-order valence-electron chi connectivity index (χ2n) is 7.77. The quantitative estimate of drug-likeness (QED) is 0.323. The van der Waals surface area contributed by atoms with E-state index in [2.05, 4.69) is 40.7 Å². The van der Waals surface area contributed by atoms with Gasteiger partial charge in [0.1, 0.15) is 5.75 Å². The van der Waals surface area contributed by atoms with Crippen molar-refractivity contribution in [2.45, 2.75) is 32.4 Å². The van der Waals surface area contributed by atoms with E-state index in [4.69, 9.17) is 19.2 Å². The summed E-state index contributed by atoms with van der Waals surface area (Å²) in [5, 5.41) is 6.97. The second kappa shape index (κ2) is 12.0. The van der Waals surface area contributed by atoms with E-state index < -0.39 is 0 Å². The third kappa shape index (κ3) is 6.11. The average molecular weight is 552 g/mol. The standard InChI is InChI=1S/C24H32N4O3.HI/c1-3-25-24(26-16-18-9-10-22-23(15-18)31-14-6-13-30-22)27-19-11-12-28(17-19)20-7-4-5-8-21(20)29-2;/h4-5,7-10,15,19H,3,6,11-14,16-17H2,1-2H3,(H2,25,26,27);1H. The van der Waals surface area contributed by atoms with Gasteiger partial charge in [0, 0.05) is 32.1 Å². The first-order valence-corrected chi connectivity index (χ1v) is 11.1. The molecule has 2 aliphatic rings. The van der Waals surface area contributed by atoms with Crippen molar-refractivity contribution in [1.82, 2.24) is 10.6 Å². The summed E-state index contributed by atoms with van der Waals surface area (Å²) in [5.74, 6) is 3.38. The number of guanidine groups is 1. The molecule has 2 heterocycles. The molecular weight excluding hydrogens is 519 g/mol. The van der Waals surface area contributed by atoms with Crippen LogP contribution in [-0.4, -0.2) is 52.0 Å². The van der Waals surface area contributed by atoms with E-state index in [-0.39, 0.29) is 24.0 Å². The summed E-state index contributed by atoms with van der Waals surface area (Å²) in [6.07, 6.45) is 1.95. The summed E-state index contributed by atoms with van der Waals surface area (Å²) in [6.45, 7) is 6.76. The molecule has 0 radical (unpaired) electrons. The first-order valence-electron chi connectivity index (χ1n) is 11.1. The molecule has 0 bridgehead atoms. The number of para-hydroxylation sites is 2. The molecule has 0 amide bonds. The molecule has 2 aliphatic heterocycles. The summed E-state index contributed by atoms with van der Waals surface area (Å²) >= 11 is 0. The van der Waals surface area contributed by atoms with E-state index in [0.29, 0.717) is 25.8 Å². The van der Waals surface area contributed by atoms with Gasteiger partial charge in [-0.3, -0.25) is 0 Å². The van der Waals surface area contributed by atoms with Crippen LogP contribution >= 0.6 is 24.0 Å². The first kappa shape index (κ1) is 24.3. The number of hydrogen-bond acceptors (Lipinski definition) is 5. The van der Waals surface area contributed by atoms with Crippen molar-refractivity contribution in [3.63, 3.8) is 0 Å². The van der Waals surface area contributed by atoms with Crippen LogP contribution in [0.25, 0.3) is 0 Å². The fraction of sp³-hybridized carbons (Fsp3) is 0.458. The van der Waals surface area contributed by atoms with Crippen molar-refractivity contribution in [2.24, 2.45) is 4.99 Å². The zero-order valence-electron chi connectivity index (χ0n) is 18.8. The highest BCUT2D eigenvalue weighted by molar-refractivity contribution is 14.0. The molecule has 7 nitrogen and oxygen atoms in total. The number of ether oxygens (including phenoxy) is 3. The molecule has 32 heavy (non-hydrogen) atoms. The average Bonchev–Trinajstić information content (AvgIpc) is 3.13. The van der Waals surface area contributed by atoms with Crippen LogP contribution in [0.5, 0.6) is 17.2 Å². The van der Waals surface area contributed by atoms with E-state index in [0.717, 1.165) is 66.9 Å². The number of aliphatic imine (C=N–C) groups is 1. The van der Waals surface area contributed by atoms with Crippen LogP contribution < -0.4 is 29.7 Å². The highest BCUT2D eigenvalue weighted by Gasteiger charge is 2.25. The summed E-state index contributed by atoms with van der Waals surface area (Å²) in [7, 11) is 1.72. The van der Waals surface area contributed by atoms with Crippen molar-refractivity contribution >= 4 is 35.6 Å². The summed E-state index contributed by atoms with van der Waals surface area (Å²) in [6, 6.07) is 14.6. The maximum Gasteiger partial charge on any atom is 0.191 e. The molecule has 0 aliphatic carbocycles. The lowest BCUT2D eigenvalue weighted by Gasteiger charge is -2.22. The molecular formula is C24H33IN4O3. The predicted molar refractivity (Wildman–Crippen MR) is 139 cm³/mol. The Hall–Kier alpha value is -2.36. The van der Waals surface area contributed by atoms with Gasteiger partial charge in [-0.25, -0.2) is 4.99 Å². The van der Waals surface area contributed by atoms with Gasteiger partial charge in [-0.05, 0) is 43.2 Å². The molecule has 1 unspecified atom stereocenters. The van der Waals surface area contributed by atoms with Crippen molar-refractivity contribution in [1.29, 1.82) is 0 Å². The molecule has 1 atom stereocenters. The van der Waals surface area contributed by atoms with Crippen molar-refractivity contribution in [3.05, 3.63) is 48.0 Å². The van der Waals surface area contributed by atoms with Crippen LogP contribution in [0.2, 0.25) is 0 Å². The van der Waals surface area contributed by atoms with E-state index in [9.17, 15) is 0 Å². The van der Waals surface area contributed by atoms with Crippen LogP contribution in [-0.2, 0) is 6.54 Å². The molecule has 0 aromatic heterocycles. The van der Waals surface area contributed by atoms with Gasteiger partial charge in [-0.1, -0.05) is 18.2 Å². The minimum atomic E-state index is 0. The maximum absolute atomic E-state index is 5.80. The number of fused-ring (bicyclic) bond motifs is 1. The lowest BCUT2D eigenvalue weighted by molar-refractivity contribution is 0.297. The monoisotopic (exact) mass is 552 g/mol. The second-order valence-corrected chi connectivity index (χ2v) is 7.77. The van der Waals surface area contributed by atoms with E-state index in [1.807, 2.05) is 24.3 Å². The van der Waals surface area contributed by atoms with Gasteiger partial charge in [-0.15, -0.1) is 24.0 Å². The van der Waals surface area contributed by atoms with E-state index >= 15 is 0 Å². The highest BCUT2D eigenvalue weighted by atomic mass is 127. The molecule has 0 spiro atoms. The lowest BCUT2D eigenvalue weighted by atomic mass is 10.2. The number of halogens is 1. The van der Waals surface area contributed by atoms with Gasteiger partial charge in [-0.2, -0.15) is 0 Å². The van der Waals surface area contributed by atoms with Crippen molar-refractivity contribution < 1.29 is 14.2 Å². The van der Waals surface area contributed by atoms with Crippen molar-refractivity contribution in [2.75, 3.05) is 44.9 Å². The molecule has 2 N–H and O–H groups in total. The van der Waals surface area contributed by atoms with Crippen LogP contribution in [0, 0.1) is 0 Å². The normalized spacial score (nSPS) is 17.9. The van der Waals surface area contributed by atoms with E-state index in [1.54, 1.807) is 7.11 Å². The lowest BCUT2D eigenvalue weighted by Crippen LogP contribution is -2.44. The van der Waals surface area contributed by atoms with Crippen LogP contribution in [0.3, 0.4) is 0 Å². The topological polar surface area (TPSA) is 67.4 Å². The molecule has 8 heteroatoms. The Bertz CT molecular complexity index is 909. The minimum Gasteiger partial charge on any atom is -0.495 e. The Morgan fingerprint density at radius 2 is 1.97 bits per heavy atom. The van der Waals surface area contributed by atoms with E-state index in [1.165, 1.54) is 0 Å². The minimum absolute atomic E-state index is 0. The fourth-order valence-electron chi connectivity index (χ4n) is 3.98. The smallest absolute Gasteiger partial charge is 0.191 e. The highest BCUT2D eigenvalue weighted by Crippen LogP contribution is 2.31. The number of benzene rings is 2. The maximum atomic E-state index is 5.80. The Morgan fingerprint density at radius 1 is 1.16 bits per heavy atom. The zero-order valence-corrected chi connectivity index (χ0v) is 21.1. The molecule has 1 fully saturated rings.